The maximum atomic E-state index is 10.5. The second kappa shape index (κ2) is 4.42. The third-order valence-electron chi connectivity index (χ3n) is 1.33. The highest BCUT2D eigenvalue weighted by Gasteiger charge is 2.17. The Kier molecular flexibility index (Phi) is 4.19. The minimum Gasteiger partial charge on any atom is -0.481 e. The molecular formula is C6H12O5S. The average Bonchev–Trinajstić information content (AvgIpc) is 1.85. The third kappa shape index (κ3) is 5.09. The lowest BCUT2D eigenvalue weighted by atomic mass is 10.1. The molecule has 0 aromatic rings. The highest BCUT2D eigenvalue weighted by Crippen LogP contribution is 2.04. The van der Waals surface area contributed by atoms with Crippen LogP contribution in [0.15, 0.2) is 0 Å². The van der Waals surface area contributed by atoms with Crippen LogP contribution < -0.4 is 0 Å². The number of aliphatic carboxylic acids is 1. The number of hydrogen-bond acceptors (Lipinski definition) is 4. The van der Waals surface area contributed by atoms with E-state index in [1.807, 2.05) is 0 Å². The molecule has 0 bridgehead atoms. The first-order valence-corrected chi connectivity index (χ1v) is 5.25. The first-order valence-electron chi connectivity index (χ1n) is 3.44. The highest BCUT2D eigenvalue weighted by molar-refractivity contribution is 7.85. The van der Waals surface area contributed by atoms with Crippen molar-refractivity contribution < 1.29 is 22.5 Å². The quantitative estimate of drug-likeness (QED) is 0.629. The van der Waals surface area contributed by atoms with E-state index in [4.69, 9.17) is 5.11 Å². The molecule has 0 saturated carbocycles. The van der Waals surface area contributed by atoms with E-state index < -0.39 is 22.0 Å². The molecule has 0 aliphatic rings. The molecule has 5 nitrogen and oxygen atoms in total. The fraction of sp³-hybridized carbons (Fsp3) is 0.833. The topological polar surface area (TPSA) is 80.7 Å². The lowest BCUT2D eigenvalue weighted by Gasteiger charge is -2.07. The van der Waals surface area contributed by atoms with Crippen LogP contribution in [0.2, 0.25) is 0 Å². The Morgan fingerprint density at radius 1 is 1.58 bits per heavy atom. The van der Waals surface area contributed by atoms with Crippen molar-refractivity contribution >= 4 is 16.1 Å². The predicted octanol–water partition coefficient (Wildman–Crippen LogP) is 0.0734. The molecule has 6 heteroatoms. The summed E-state index contributed by atoms with van der Waals surface area (Å²) in [6, 6.07) is 0. The molecule has 0 saturated heterocycles. The maximum Gasteiger partial charge on any atom is 0.308 e. The van der Waals surface area contributed by atoms with Gasteiger partial charge >= 0.3 is 5.97 Å². The molecule has 0 aliphatic carbocycles. The lowest BCUT2D eigenvalue weighted by Crippen LogP contribution is -2.20. The van der Waals surface area contributed by atoms with Crippen molar-refractivity contribution in [2.24, 2.45) is 5.92 Å². The van der Waals surface area contributed by atoms with Gasteiger partial charge in [-0.1, -0.05) is 6.92 Å². The van der Waals surface area contributed by atoms with Crippen molar-refractivity contribution in [3.05, 3.63) is 0 Å². The molecule has 0 fully saturated rings. The predicted molar refractivity (Wildman–Crippen MR) is 42.2 cm³/mol. The molecular weight excluding hydrogens is 184 g/mol. The van der Waals surface area contributed by atoms with Gasteiger partial charge in [-0.3, -0.25) is 8.98 Å². The van der Waals surface area contributed by atoms with E-state index in [2.05, 4.69) is 4.18 Å². The first-order chi connectivity index (χ1) is 5.37. The summed E-state index contributed by atoms with van der Waals surface area (Å²) in [6.45, 7) is 1.37. The second-order valence-corrected chi connectivity index (χ2v) is 4.08. The molecule has 0 rings (SSSR count). The number of carboxylic acids is 1. The Morgan fingerprint density at radius 2 is 2.08 bits per heavy atom. The standard InChI is InChI=1S/C6H12O5S/c1-3-5(6(7)8)4-11-12(2,9)10/h5H,3-4H2,1-2H3,(H,7,8)/t5-/m1/s1. The molecule has 0 aliphatic heterocycles. The van der Waals surface area contributed by atoms with Gasteiger partial charge in [-0.25, -0.2) is 0 Å². The average molecular weight is 196 g/mol. The normalized spacial score (nSPS) is 14.2. The van der Waals surface area contributed by atoms with Crippen molar-refractivity contribution in [1.82, 2.24) is 0 Å². The van der Waals surface area contributed by atoms with E-state index in [1.54, 1.807) is 6.92 Å². The summed E-state index contributed by atoms with van der Waals surface area (Å²) in [6.07, 6.45) is 1.24. The number of hydrogen-bond donors (Lipinski definition) is 1. The Morgan fingerprint density at radius 3 is 2.33 bits per heavy atom. The summed E-state index contributed by atoms with van der Waals surface area (Å²) in [5.41, 5.74) is 0. The minimum absolute atomic E-state index is 0.287. The maximum absolute atomic E-state index is 10.5. The van der Waals surface area contributed by atoms with Gasteiger partial charge in [-0.2, -0.15) is 8.42 Å². The Bertz CT molecular complexity index is 243. The molecule has 12 heavy (non-hydrogen) atoms. The van der Waals surface area contributed by atoms with Gasteiger partial charge in [0.25, 0.3) is 10.1 Å². The number of carboxylic acid groups (broad SMARTS) is 1. The van der Waals surface area contributed by atoms with Crippen LogP contribution in [0.5, 0.6) is 0 Å². The van der Waals surface area contributed by atoms with Gasteiger partial charge in [-0.15, -0.1) is 0 Å². The van der Waals surface area contributed by atoms with Crippen LogP contribution in [0.25, 0.3) is 0 Å². The van der Waals surface area contributed by atoms with Gasteiger partial charge in [0.2, 0.25) is 0 Å². The zero-order valence-corrected chi connectivity index (χ0v) is 7.80. The fourth-order valence-corrected chi connectivity index (χ4v) is 0.981. The summed E-state index contributed by atoms with van der Waals surface area (Å²) in [5.74, 6) is -1.79. The lowest BCUT2D eigenvalue weighted by molar-refractivity contribution is -0.142. The molecule has 1 atom stereocenters. The van der Waals surface area contributed by atoms with Crippen molar-refractivity contribution in [3.63, 3.8) is 0 Å². The van der Waals surface area contributed by atoms with Crippen LogP contribution in [-0.4, -0.2) is 32.4 Å². The van der Waals surface area contributed by atoms with Gasteiger partial charge in [0.15, 0.2) is 0 Å². The van der Waals surface area contributed by atoms with E-state index in [0.717, 1.165) is 6.26 Å². The van der Waals surface area contributed by atoms with Crippen molar-refractivity contribution in [2.45, 2.75) is 13.3 Å². The largest absolute Gasteiger partial charge is 0.481 e. The van der Waals surface area contributed by atoms with Crippen molar-refractivity contribution in [2.75, 3.05) is 12.9 Å². The van der Waals surface area contributed by atoms with E-state index in [9.17, 15) is 13.2 Å². The van der Waals surface area contributed by atoms with Crippen LogP contribution in [-0.2, 0) is 19.1 Å². The Balaban J connectivity index is 3.98. The van der Waals surface area contributed by atoms with E-state index in [0.29, 0.717) is 6.42 Å². The molecule has 0 spiro atoms. The smallest absolute Gasteiger partial charge is 0.308 e. The van der Waals surface area contributed by atoms with E-state index >= 15 is 0 Å². The molecule has 1 N–H and O–H groups in total. The van der Waals surface area contributed by atoms with Gasteiger partial charge in [0.1, 0.15) is 0 Å². The molecule has 0 radical (unpaired) electrons. The molecule has 0 unspecified atom stereocenters. The van der Waals surface area contributed by atoms with Gasteiger partial charge in [-0.05, 0) is 6.42 Å². The van der Waals surface area contributed by atoms with Gasteiger partial charge in [0, 0.05) is 0 Å². The summed E-state index contributed by atoms with van der Waals surface area (Å²) < 4.78 is 25.3. The summed E-state index contributed by atoms with van der Waals surface area (Å²) in [7, 11) is -3.53. The van der Waals surface area contributed by atoms with Crippen LogP contribution in [0.4, 0.5) is 0 Å². The summed E-state index contributed by atoms with van der Waals surface area (Å²) in [4.78, 5) is 10.4. The summed E-state index contributed by atoms with van der Waals surface area (Å²) in [5, 5.41) is 8.50. The van der Waals surface area contributed by atoms with Crippen LogP contribution in [0.3, 0.4) is 0 Å². The van der Waals surface area contributed by atoms with Crippen molar-refractivity contribution in [1.29, 1.82) is 0 Å². The Hall–Kier alpha value is -0.620. The number of carbonyl (C=O) groups is 1. The van der Waals surface area contributed by atoms with E-state index in [-0.39, 0.29) is 6.61 Å². The third-order valence-corrected chi connectivity index (χ3v) is 1.89. The van der Waals surface area contributed by atoms with Crippen LogP contribution in [0, 0.1) is 5.92 Å². The highest BCUT2D eigenvalue weighted by atomic mass is 32.2. The van der Waals surface area contributed by atoms with Crippen molar-refractivity contribution in [3.8, 4) is 0 Å². The SMILES string of the molecule is CC[C@H](COS(C)(=O)=O)C(=O)O. The minimum atomic E-state index is -3.53. The zero-order valence-electron chi connectivity index (χ0n) is 6.98. The first kappa shape index (κ1) is 11.4. The van der Waals surface area contributed by atoms with Gasteiger partial charge in [0.05, 0.1) is 18.8 Å². The zero-order chi connectivity index (χ0) is 9.78. The summed E-state index contributed by atoms with van der Waals surface area (Å²) >= 11 is 0. The Labute approximate surface area is 71.5 Å². The fourth-order valence-electron chi connectivity index (χ4n) is 0.569. The molecule has 0 amide bonds. The molecule has 0 aromatic heterocycles. The molecule has 0 aromatic carbocycles. The van der Waals surface area contributed by atoms with Gasteiger partial charge < -0.3 is 5.11 Å². The molecule has 0 heterocycles. The van der Waals surface area contributed by atoms with Crippen LogP contribution >= 0.6 is 0 Å². The molecule has 72 valence electrons. The monoisotopic (exact) mass is 196 g/mol. The van der Waals surface area contributed by atoms with Crippen LogP contribution in [0.1, 0.15) is 13.3 Å². The van der Waals surface area contributed by atoms with E-state index in [1.165, 1.54) is 0 Å². The second-order valence-electron chi connectivity index (χ2n) is 2.43. The number of rotatable bonds is 5.